The quantitative estimate of drug-likeness (QED) is 0.179. The summed E-state index contributed by atoms with van der Waals surface area (Å²) in [5.74, 6) is 0.0606. The molecule has 34 heavy (non-hydrogen) atoms. The second-order valence-corrected chi connectivity index (χ2v) is 7.58. The van der Waals surface area contributed by atoms with Crippen molar-refractivity contribution in [3.8, 4) is 5.75 Å². The molecule has 0 aliphatic heterocycles. The van der Waals surface area contributed by atoms with E-state index in [0.717, 1.165) is 17.5 Å². The molecule has 0 saturated carbocycles. The van der Waals surface area contributed by atoms with Crippen LogP contribution in [0.25, 0.3) is 6.08 Å². The monoisotopic (exact) mass is 490 g/mol. The summed E-state index contributed by atoms with van der Waals surface area (Å²) >= 11 is 1.22. The Labute approximate surface area is 212 Å². The van der Waals surface area contributed by atoms with Crippen molar-refractivity contribution in [3.63, 3.8) is 0 Å². The van der Waals surface area contributed by atoms with Crippen LogP contribution in [0, 0.1) is 6.92 Å². The van der Waals surface area contributed by atoms with Crippen molar-refractivity contribution >= 4 is 29.2 Å². The number of aryl methyl sites for hydroxylation is 1. The van der Waals surface area contributed by atoms with E-state index in [9.17, 15) is 9.59 Å². The Morgan fingerprint density at radius 3 is 2.24 bits per heavy atom. The van der Waals surface area contributed by atoms with Crippen LogP contribution >= 0.6 is 11.3 Å². The zero-order valence-electron chi connectivity index (χ0n) is 22.8. The van der Waals surface area contributed by atoms with Crippen LogP contribution in [-0.2, 0) is 4.74 Å². The Balaban J connectivity index is 0. The normalized spacial score (nSPS) is 9.56. The van der Waals surface area contributed by atoms with Crippen molar-refractivity contribution < 1.29 is 19.1 Å². The zero-order chi connectivity index (χ0) is 26.4. The maximum Gasteiger partial charge on any atom is 0.338 e. The van der Waals surface area contributed by atoms with Gasteiger partial charge >= 0.3 is 5.97 Å². The molecule has 0 aliphatic rings. The number of methoxy groups -OCH3 is 1. The molecule has 0 aliphatic carbocycles. The Morgan fingerprint density at radius 1 is 0.971 bits per heavy atom. The first-order valence-electron chi connectivity index (χ1n) is 12.6. The number of rotatable bonds is 11. The van der Waals surface area contributed by atoms with Crippen LogP contribution < -0.4 is 4.74 Å². The number of hydrogen-bond donors (Lipinski definition) is 0. The van der Waals surface area contributed by atoms with Crippen molar-refractivity contribution in [1.29, 1.82) is 0 Å². The highest BCUT2D eigenvalue weighted by Crippen LogP contribution is 2.21. The number of thiophene rings is 1. The summed E-state index contributed by atoms with van der Waals surface area (Å²) in [5.41, 5.74) is 2.66. The molecule has 0 radical (unpaired) electrons. The molecule has 0 spiro atoms. The zero-order valence-corrected chi connectivity index (χ0v) is 23.6. The van der Waals surface area contributed by atoms with E-state index < -0.39 is 5.97 Å². The summed E-state index contributed by atoms with van der Waals surface area (Å²) in [7, 11) is 1.32. The topological polar surface area (TPSA) is 52.6 Å². The van der Waals surface area contributed by atoms with Crippen LogP contribution in [0.15, 0.2) is 35.7 Å². The lowest BCUT2D eigenvalue weighted by Gasteiger charge is -2.07. The smallest absolute Gasteiger partial charge is 0.338 e. The maximum atomic E-state index is 12.3. The minimum atomic E-state index is -0.444. The average molecular weight is 491 g/mol. The highest BCUT2D eigenvalue weighted by molar-refractivity contribution is 7.12. The molecule has 1 aromatic heterocycles. The number of Topliss-reactive ketones (excluding diaryl/α,β-unsaturated/α-hetero) is 1. The lowest BCUT2D eigenvalue weighted by Crippen LogP contribution is -2.10. The van der Waals surface area contributed by atoms with E-state index in [0.29, 0.717) is 16.2 Å². The molecule has 0 saturated heterocycles. The molecular weight excluding hydrogens is 444 g/mol. The molecule has 4 nitrogen and oxygen atoms in total. The van der Waals surface area contributed by atoms with Crippen LogP contribution in [0.4, 0.5) is 0 Å². The largest absolute Gasteiger partial charge is 0.485 e. The molecule has 1 heterocycles. The van der Waals surface area contributed by atoms with Gasteiger partial charge in [0.25, 0.3) is 0 Å². The van der Waals surface area contributed by atoms with E-state index in [1.54, 1.807) is 11.4 Å². The second-order valence-electron chi connectivity index (χ2n) is 6.67. The molecule has 0 fully saturated rings. The molecule has 192 valence electrons. The molecule has 1 aromatic carbocycles. The number of carbonyl (C=O) groups is 2. The molecule has 0 N–H and O–H groups in total. The van der Waals surface area contributed by atoms with Gasteiger partial charge in [0.15, 0.2) is 6.61 Å². The number of allylic oxidation sites excluding steroid dienone is 1. The number of esters is 1. The van der Waals surface area contributed by atoms with Crippen LogP contribution in [0.3, 0.4) is 0 Å². The SMILES string of the molecule is CC.CC.CC.CCCCCCC=Cc1ccc(OCC(=O)c2cc(C(=O)OC)cs2)cc1C. The van der Waals surface area contributed by atoms with Gasteiger partial charge in [-0.2, -0.15) is 0 Å². The highest BCUT2D eigenvalue weighted by Gasteiger charge is 2.14. The lowest BCUT2D eigenvalue weighted by molar-refractivity contribution is 0.0601. The minimum absolute atomic E-state index is 0.0623. The fourth-order valence-corrected chi connectivity index (χ4v) is 3.56. The predicted molar refractivity (Wildman–Crippen MR) is 148 cm³/mol. The Hall–Kier alpha value is -2.40. The van der Waals surface area contributed by atoms with Crippen LogP contribution in [0.2, 0.25) is 0 Å². The van der Waals surface area contributed by atoms with E-state index in [1.165, 1.54) is 44.1 Å². The van der Waals surface area contributed by atoms with E-state index in [-0.39, 0.29) is 12.4 Å². The van der Waals surface area contributed by atoms with Crippen LogP contribution in [-0.4, -0.2) is 25.5 Å². The molecule has 0 amide bonds. The van der Waals surface area contributed by atoms with Gasteiger partial charge in [-0.1, -0.05) is 85.9 Å². The third-order valence-electron chi connectivity index (χ3n) is 4.43. The van der Waals surface area contributed by atoms with Gasteiger partial charge in [-0.15, -0.1) is 11.3 Å². The summed E-state index contributed by atoms with van der Waals surface area (Å²) in [4.78, 5) is 24.2. The minimum Gasteiger partial charge on any atom is -0.485 e. The maximum absolute atomic E-state index is 12.3. The summed E-state index contributed by atoms with van der Waals surface area (Å²) in [6.07, 6.45) is 10.5. The van der Waals surface area contributed by atoms with Gasteiger partial charge in [-0.25, -0.2) is 4.79 Å². The first kappa shape index (κ1) is 33.8. The van der Waals surface area contributed by atoms with Crippen molar-refractivity contribution in [2.45, 2.75) is 87.5 Å². The standard InChI is InChI=1S/C23H28O4S.3C2H6/c1-4-5-6-7-8-9-10-18-11-12-20(13-17(18)2)27-15-21(24)22-14-19(16-28-22)23(25)26-3;3*1-2/h9-14,16H,4-8,15H2,1-3H3;3*1-2H3. The van der Waals surface area contributed by atoms with E-state index >= 15 is 0 Å². The highest BCUT2D eigenvalue weighted by atomic mass is 32.1. The first-order chi connectivity index (χ1) is 16.5. The van der Waals surface area contributed by atoms with E-state index in [1.807, 2.05) is 66.7 Å². The summed E-state index contributed by atoms with van der Waals surface area (Å²) in [6, 6.07) is 7.38. The first-order valence-corrected chi connectivity index (χ1v) is 13.5. The number of ether oxygens (including phenoxy) is 2. The summed E-state index contributed by atoms with van der Waals surface area (Å²) < 4.78 is 10.3. The Morgan fingerprint density at radius 2 is 1.65 bits per heavy atom. The fraction of sp³-hybridized carbons (Fsp3) is 0.517. The van der Waals surface area contributed by atoms with Gasteiger partial charge in [0.1, 0.15) is 5.75 Å². The van der Waals surface area contributed by atoms with Gasteiger partial charge in [0.2, 0.25) is 5.78 Å². The van der Waals surface area contributed by atoms with Gasteiger partial charge in [-0.3, -0.25) is 4.79 Å². The molecular formula is C29H46O4S. The predicted octanol–water partition coefficient (Wildman–Crippen LogP) is 9.17. The number of carbonyl (C=O) groups excluding carboxylic acids is 2. The Bertz CT molecular complexity index is 821. The second kappa shape index (κ2) is 22.4. The van der Waals surface area contributed by atoms with Gasteiger partial charge < -0.3 is 9.47 Å². The van der Waals surface area contributed by atoms with E-state index in [2.05, 4.69) is 23.8 Å². The lowest BCUT2D eigenvalue weighted by atomic mass is 10.1. The van der Waals surface area contributed by atoms with Crippen molar-refractivity contribution in [1.82, 2.24) is 0 Å². The number of benzene rings is 1. The van der Waals surface area contributed by atoms with Crippen molar-refractivity contribution in [2.24, 2.45) is 0 Å². The summed E-state index contributed by atoms with van der Waals surface area (Å²) in [5, 5.41) is 1.62. The number of ketones is 1. The third-order valence-corrected chi connectivity index (χ3v) is 5.40. The number of hydrogen-bond acceptors (Lipinski definition) is 5. The molecule has 0 unspecified atom stereocenters. The third kappa shape index (κ3) is 13.3. The van der Waals surface area contributed by atoms with Gasteiger partial charge in [0.05, 0.1) is 17.6 Å². The van der Waals surface area contributed by atoms with Gasteiger partial charge in [0, 0.05) is 5.38 Å². The Kier molecular flexibility index (Phi) is 22.2. The van der Waals surface area contributed by atoms with E-state index in [4.69, 9.17) is 4.74 Å². The van der Waals surface area contributed by atoms with Crippen LogP contribution in [0.5, 0.6) is 5.75 Å². The van der Waals surface area contributed by atoms with Crippen molar-refractivity contribution in [2.75, 3.05) is 13.7 Å². The van der Waals surface area contributed by atoms with Gasteiger partial charge in [-0.05, 0) is 49.1 Å². The average Bonchev–Trinajstić information content (AvgIpc) is 3.39. The van der Waals surface area contributed by atoms with Crippen molar-refractivity contribution in [3.05, 3.63) is 57.3 Å². The fourth-order valence-electron chi connectivity index (χ4n) is 2.75. The molecule has 0 bridgehead atoms. The molecule has 5 heteroatoms. The molecule has 0 atom stereocenters. The molecule has 2 aromatic rings. The van der Waals surface area contributed by atoms with Crippen LogP contribution in [0.1, 0.15) is 112 Å². The summed E-state index contributed by atoms with van der Waals surface area (Å²) in [6.45, 7) is 16.2. The molecule has 2 rings (SSSR count). The number of unbranched alkanes of at least 4 members (excludes halogenated alkanes) is 4.